The molecule has 1 aromatic carbocycles. The zero-order valence-corrected chi connectivity index (χ0v) is 12.0. The summed E-state index contributed by atoms with van der Waals surface area (Å²) < 4.78 is 5.46. The lowest BCUT2D eigenvalue weighted by Gasteiger charge is -2.18. The van der Waals surface area contributed by atoms with Crippen LogP contribution in [0.3, 0.4) is 0 Å². The summed E-state index contributed by atoms with van der Waals surface area (Å²) in [6, 6.07) is 7.24. The average Bonchev–Trinajstić information content (AvgIpc) is 3.24. The molecule has 5 heteroatoms. The molecule has 2 aliphatic carbocycles. The fourth-order valence-corrected chi connectivity index (χ4v) is 2.71. The van der Waals surface area contributed by atoms with E-state index in [0.717, 1.165) is 23.7 Å². The van der Waals surface area contributed by atoms with E-state index in [4.69, 9.17) is 4.74 Å². The number of benzene rings is 1. The first kappa shape index (κ1) is 14.4. The highest BCUT2D eigenvalue weighted by Crippen LogP contribution is 2.31. The Morgan fingerprint density at radius 2 is 2.14 bits per heavy atom. The first-order valence-electron chi connectivity index (χ1n) is 7.62. The minimum absolute atomic E-state index is 0.259. The fourth-order valence-electron chi connectivity index (χ4n) is 2.71. The maximum atomic E-state index is 11.9. The maximum Gasteiger partial charge on any atom is 0.315 e. The third-order valence-electron chi connectivity index (χ3n) is 4.07. The van der Waals surface area contributed by atoms with Crippen molar-refractivity contribution in [3.63, 3.8) is 0 Å². The molecule has 21 heavy (non-hydrogen) atoms. The van der Waals surface area contributed by atoms with Crippen LogP contribution >= 0.6 is 0 Å². The minimum Gasteiger partial charge on any atom is -0.390 e. The van der Waals surface area contributed by atoms with E-state index < -0.39 is 6.10 Å². The number of urea groups is 1. The van der Waals surface area contributed by atoms with Gasteiger partial charge in [-0.05, 0) is 29.9 Å². The monoisotopic (exact) mass is 290 g/mol. The molecule has 2 atom stereocenters. The number of ether oxygens (including phenoxy) is 1. The quantitative estimate of drug-likeness (QED) is 0.693. The predicted octanol–water partition coefficient (Wildman–Crippen LogP) is 1.37. The van der Waals surface area contributed by atoms with Crippen molar-refractivity contribution >= 4 is 6.03 Å². The third-order valence-corrected chi connectivity index (χ3v) is 4.07. The molecular weight excluding hydrogens is 268 g/mol. The fraction of sp³-hybridized carbons (Fsp3) is 0.562. The van der Waals surface area contributed by atoms with Crippen molar-refractivity contribution in [2.75, 3.05) is 19.8 Å². The Labute approximate surface area is 124 Å². The molecule has 2 aliphatic rings. The van der Waals surface area contributed by atoms with Gasteiger partial charge in [-0.3, -0.25) is 0 Å². The van der Waals surface area contributed by atoms with E-state index in [9.17, 15) is 9.90 Å². The van der Waals surface area contributed by atoms with Crippen LogP contribution in [0.15, 0.2) is 24.3 Å². The summed E-state index contributed by atoms with van der Waals surface area (Å²) in [7, 11) is 0. The number of fused-ring (bicyclic) bond motifs is 1. The van der Waals surface area contributed by atoms with Gasteiger partial charge in [0.05, 0.1) is 18.8 Å². The van der Waals surface area contributed by atoms with Gasteiger partial charge >= 0.3 is 6.03 Å². The van der Waals surface area contributed by atoms with E-state index in [1.165, 1.54) is 12.8 Å². The van der Waals surface area contributed by atoms with Crippen LogP contribution in [-0.2, 0) is 11.2 Å². The van der Waals surface area contributed by atoms with Gasteiger partial charge in [0.1, 0.15) is 0 Å². The van der Waals surface area contributed by atoms with Gasteiger partial charge in [-0.25, -0.2) is 4.79 Å². The number of nitrogens with one attached hydrogen (secondary N) is 2. The van der Waals surface area contributed by atoms with Gasteiger partial charge in [0, 0.05) is 19.6 Å². The molecule has 5 nitrogen and oxygen atoms in total. The molecule has 3 N–H and O–H groups in total. The second-order valence-electron chi connectivity index (χ2n) is 5.87. The highest BCUT2D eigenvalue weighted by molar-refractivity contribution is 5.74. The zero-order chi connectivity index (χ0) is 14.7. The molecular formula is C16H22N2O3. The van der Waals surface area contributed by atoms with Crippen LogP contribution in [0.25, 0.3) is 0 Å². The Morgan fingerprint density at radius 3 is 2.95 bits per heavy atom. The van der Waals surface area contributed by atoms with Gasteiger partial charge in [0.25, 0.3) is 0 Å². The summed E-state index contributed by atoms with van der Waals surface area (Å²) in [5.41, 5.74) is 2.10. The smallest absolute Gasteiger partial charge is 0.315 e. The van der Waals surface area contributed by atoms with E-state index in [2.05, 4.69) is 10.6 Å². The summed E-state index contributed by atoms with van der Waals surface area (Å²) in [6.07, 6.45) is 2.57. The van der Waals surface area contributed by atoms with Crippen molar-refractivity contribution in [1.29, 1.82) is 0 Å². The van der Waals surface area contributed by atoms with E-state index in [0.29, 0.717) is 19.6 Å². The molecule has 0 heterocycles. The molecule has 0 saturated heterocycles. The normalized spacial score (nSPS) is 23.7. The van der Waals surface area contributed by atoms with Crippen molar-refractivity contribution in [3.8, 4) is 0 Å². The summed E-state index contributed by atoms with van der Waals surface area (Å²) in [6.45, 7) is 1.83. The third kappa shape index (κ3) is 3.74. The summed E-state index contributed by atoms with van der Waals surface area (Å²) in [4.78, 5) is 11.9. The van der Waals surface area contributed by atoms with Gasteiger partial charge in [-0.1, -0.05) is 24.3 Å². The molecule has 0 spiro atoms. The number of rotatable bonds is 6. The highest BCUT2D eigenvalue weighted by Gasteiger charge is 2.31. The maximum absolute atomic E-state index is 11.9. The number of carbonyl (C=O) groups excluding carboxylic acids is 1. The van der Waals surface area contributed by atoms with Crippen LogP contribution in [-0.4, -0.2) is 37.0 Å². The average molecular weight is 290 g/mol. The molecule has 2 amide bonds. The zero-order valence-electron chi connectivity index (χ0n) is 12.0. The van der Waals surface area contributed by atoms with Crippen molar-refractivity contribution in [3.05, 3.63) is 35.4 Å². The summed E-state index contributed by atoms with van der Waals surface area (Å²) in [5.74, 6) is 0.740. The second kappa shape index (κ2) is 6.45. The second-order valence-corrected chi connectivity index (χ2v) is 5.87. The number of amides is 2. The van der Waals surface area contributed by atoms with E-state index in [1.54, 1.807) is 0 Å². The topological polar surface area (TPSA) is 70.6 Å². The number of aliphatic hydroxyl groups excluding tert-OH is 1. The lowest BCUT2D eigenvalue weighted by Crippen LogP contribution is -2.42. The van der Waals surface area contributed by atoms with Crippen LogP contribution in [0.5, 0.6) is 0 Å². The van der Waals surface area contributed by atoms with Crippen molar-refractivity contribution < 1.29 is 14.6 Å². The van der Waals surface area contributed by atoms with Crippen LogP contribution < -0.4 is 10.6 Å². The number of carbonyl (C=O) groups is 1. The molecule has 3 rings (SSSR count). The van der Waals surface area contributed by atoms with Gasteiger partial charge in [0.15, 0.2) is 0 Å². The molecule has 1 fully saturated rings. The Balaban J connectivity index is 1.41. The van der Waals surface area contributed by atoms with Crippen molar-refractivity contribution in [1.82, 2.24) is 10.6 Å². The first-order chi connectivity index (χ1) is 10.2. The van der Waals surface area contributed by atoms with Gasteiger partial charge in [-0.2, -0.15) is 0 Å². The lowest BCUT2D eigenvalue weighted by atomic mass is 10.1. The van der Waals surface area contributed by atoms with Crippen molar-refractivity contribution in [2.24, 2.45) is 5.92 Å². The predicted molar refractivity (Wildman–Crippen MR) is 79.0 cm³/mol. The lowest BCUT2D eigenvalue weighted by molar-refractivity contribution is 0.124. The van der Waals surface area contributed by atoms with Crippen LogP contribution in [0, 0.1) is 5.92 Å². The molecule has 114 valence electrons. The number of hydrogen-bond acceptors (Lipinski definition) is 3. The molecule has 0 aliphatic heterocycles. The van der Waals surface area contributed by atoms with Crippen LogP contribution in [0.2, 0.25) is 0 Å². The molecule has 0 radical (unpaired) electrons. The Bertz CT molecular complexity index is 502. The van der Waals surface area contributed by atoms with Gasteiger partial charge in [-0.15, -0.1) is 0 Å². The van der Waals surface area contributed by atoms with E-state index >= 15 is 0 Å². The van der Waals surface area contributed by atoms with Gasteiger partial charge in [0.2, 0.25) is 0 Å². The Hall–Kier alpha value is -1.59. The number of aliphatic hydroxyl groups is 1. The molecule has 1 aromatic rings. The van der Waals surface area contributed by atoms with Crippen LogP contribution in [0.1, 0.15) is 30.0 Å². The van der Waals surface area contributed by atoms with E-state index in [1.807, 2.05) is 24.3 Å². The largest absolute Gasteiger partial charge is 0.390 e. The standard InChI is InChI=1S/C16H22N2O3/c19-14-9-12-3-1-2-4-13(12)15(14)18-16(20)17-7-8-21-10-11-5-6-11/h1-4,11,14-15,19H,5-10H2,(H2,17,18,20)/t14-,15+/m0/s1. The van der Waals surface area contributed by atoms with Crippen molar-refractivity contribution in [2.45, 2.75) is 31.4 Å². The minimum atomic E-state index is -0.556. The first-order valence-corrected chi connectivity index (χ1v) is 7.62. The SMILES string of the molecule is O=C(NCCOCC1CC1)N[C@@H]1c2ccccc2C[C@@H]1O. The molecule has 0 aromatic heterocycles. The Morgan fingerprint density at radius 1 is 1.33 bits per heavy atom. The summed E-state index contributed by atoms with van der Waals surface area (Å²) >= 11 is 0. The van der Waals surface area contributed by atoms with Crippen LogP contribution in [0.4, 0.5) is 4.79 Å². The van der Waals surface area contributed by atoms with Gasteiger partial charge < -0.3 is 20.5 Å². The highest BCUT2D eigenvalue weighted by atomic mass is 16.5. The molecule has 0 unspecified atom stereocenters. The molecule has 0 bridgehead atoms. The number of hydrogen-bond donors (Lipinski definition) is 3. The Kier molecular flexibility index (Phi) is 4.41. The summed E-state index contributed by atoms with van der Waals surface area (Å²) in [5, 5.41) is 15.7. The molecule has 1 saturated carbocycles. The van der Waals surface area contributed by atoms with E-state index in [-0.39, 0.29) is 12.1 Å².